The number of rotatable bonds is 8. The van der Waals surface area contributed by atoms with Gasteiger partial charge in [-0.3, -0.25) is 4.79 Å². The number of benzene rings is 2. The van der Waals surface area contributed by atoms with Crippen molar-refractivity contribution in [2.75, 3.05) is 13.7 Å². The van der Waals surface area contributed by atoms with Crippen LogP contribution in [0.3, 0.4) is 0 Å². The van der Waals surface area contributed by atoms with Gasteiger partial charge in [0, 0.05) is 17.5 Å². The third-order valence-corrected chi connectivity index (χ3v) is 4.86. The zero-order valence-electron chi connectivity index (χ0n) is 15.3. The summed E-state index contributed by atoms with van der Waals surface area (Å²) in [5.74, 6) is -0.531. The molecule has 5 nitrogen and oxygen atoms in total. The first-order valence-corrected chi connectivity index (χ1v) is 9.45. The first kappa shape index (κ1) is 20.7. The normalized spacial score (nSPS) is 10.8. The molecule has 0 fully saturated rings. The zero-order chi connectivity index (χ0) is 20.8. The molecule has 0 spiro atoms. The molecule has 0 aliphatic rings. The topological polar surface area (TPSA) is 60.5 Å². The number of thiazole rings is 1. The van der Waals surface area contributed by atoms with Crippen LogP contribution in [0.15, 0.2) is 47.8 Å². The van der Waals surface area contributed by atoms with Crippen molar-refractivity contribution in [2.24, 2.45) is 0 Å². The highest BCUT2D eigenvalue weighted by molar-refractivity contribution is 7.13. The second kappa shape index (κ2) is 9.42. The number of ether oxygens (including phenoxy) is 2. The van der Waals surface area contributed by atoms with Crippen LogP contribution in [-0.4, -0.2) is 31.2 Å². The van der Waals surface area contributed by atoms with Crippen molar-refractivity contribution in [1.82, 2.24) is 10.3 Å². The van der Waals surface area contributed by atoms with Crippen LogP contribution < -0.4 is 14.8 Å². The van der Waals surface area contributed by atoms with E-state index in [9.17, 15) is 18.0 Å². The molecule has 29 heavy (non-hydrogen) atoms. The van der Waals surface area contributed by atoms with Gasteiger partial charge in [-0.25, -0.2) is 9.37 Å². The molecule has 1 heterocycles. The van der Waals surface area contributed by atoms with E-state index >= 15 is 0 Å². The van der Waals surface area contributed by atoms with E-state index in [1.807, 2.05) is 0 Å². The molecule has 0 saturated heterocycles. The van der Waals surface area contributed by atoms with Gasteiger partial charge in [-0.1, -0.05) is 6.07 Å². The molecule has 0 radical (unpaired) electrons. The molecule has 0 aliphatic heterocycles. The first-order chi connectivity index (χ1) is 14.0. The Bertz CT molecular complexity index is 977. The van der Waals surface area contributed by atoms with Crippen LogP contribution in [0.25, 0.3) is 10.6 Å². The molecule has 0 saturated carbocycles. The second-order valence-corrected chi connectivity index (χ2v) is 6.77. The van der Waals surface area contributed by atoms with Gasteiger partial charge in [-0.05, 0) is 48.4 Å². The molecule has 0 bridgehead atoms. The molecule has 3 rings (SSSR count). The number of amides is 1. The lowest BCUT2D eigenvalue weighted by Crippen LogP contribution is -2.26. The summed E-state index contributed by atoms with van der Waals surface area (Å²) >= 11 is 1.29. The van der Waals surface area contributed by atoms with E-state index in [0.29, 0.717) is 18.0 Å². The Hall–Kier alpha value is -3.07. The van der Waals surface area contributed by atoms with E-state index in [4.69, 9.17) is 4.74 Å². The highest BCUT2D eigenvalue weighted by atomic mass is 32.1. The van der Waals surface area contributed by atoms with Gasteiger partial charge < -0.3 is 14.8 Å². The molecular weight excluding hydrogens is 405 g/mol. The molecular formula is C20H17F3N2O3S. The van der Waals surface area contributed by atoms with Crippen LogP contribution in [0.5, 0.6) is 11.5 Å². The average molecular weight is 422 g/mol. The summed E-state index contributed by atoms with van der Waals surface area (Å²) in [6.07, 6.45) is 0.464. The van der Waals surface area contributed by atoms with E-state index in [1.165, 1.54) is 36.6 Å². The maximum Gasteiger partial charge on any atom is 0.387 e. The van der Waals surface area contributed by atoms with Gasteiger partial charge in [-0.2, -0.15) is 8.78 Å². The van der Waals surface area contributed by atoms with Crippen LogP contribution in [-0.2, 0) is 6.42 Å². The van der Waals surface area contributed by atoms with E-state index < -0.39 is 6.61 Å². The average Bonchev–Trinajstić information content (AvgIpc) is 3.19. The standard InChI is InChI=1S/C20H17F3N2O3S/c1-27-17-10-12(2-7-16(17)28-20(22)23)8-9-24-18(26)15-11-29-19(25-15)13-3-5-14(21)6-4-13/h2-7,10-11,20H,8-9H2,1H3,(H,24,26). The number of carbonyl (C=O) groups excluding carboxylic acids is 1. The molecule has 0 aliphatic carbocycles. The van der Waals surface area contributed by atoms with Crippen LogP contribution in [0.1, 0.15) is 16.1 Å². The van der Waals surface area contributed by atoms with Crippen LogP contribution >= 0.6 is 11.3 Å². The Morgan fingerprint density at radius 1 is 1.17 bits per heavy atom. The number of carbonyl (C=O) groups is 1. The zero-order valence-corrected chi connectivity index (χ0v) is 16.1. The Morgan fingerprint density at radius 3 is 2.62 bits per heavy atom. The molecule has 152 valence electrons. The fraction of sp³-hybridized carbons (Fsp3) is 0.200. The van der Waals surface area contributed by atoms with Crippen LogP contribution in [0, 0.1) is 5.82 Å². The van der Waals surface area contributed by atoms with Crippen molar-refractivity contribution in [2.45, 2.75) is 13.0 Å². The quantitative estimate of drug-likeness (QED) is 0.579. The Morgan fingerprint density at radius 2 is 1.93 bits per heavy atom. The monoisotopic (exact) mass is 422 g/mol. The predicted octanol–water partition coefficient (Wildman–Crippen LogP) is 4.53. The SMILES string of the molecule is COc1cc(CCNC(=O)c2csc(-c3ccc(F)cc3)n2)ccc1OC(F)F. The minimum absolute atomic E-state index is 0.0499. The summed E-state index contributed by atoms with van der Waals surface area (Å²) in [5, 5.41) is 5.01. The second-order valence-electron chi connectivity index (χ2n) is 5.91. The molecule has 1 aromatic heterocycles. The molecule has 0 unspecified atom stereocenters. The summed E-state index contributed by atoms with van der Waals surface area (Å²) < 4.78 is 47.2. The molecule has 1 amide bonds. The number of hydrogen-bond donors (Lipinski definition) is 1. The van der Waals surface area contributed by atoms with E-state index in [2.05, 4.69) is 15.0 Å². The first-order valence-electron chi connectivity index (χ1n) is 8.57. The van der Waals surface area contributed by atoms with Gasteiger partial charge in [-0.15, -0.1) is 11.3 Å². The van der Waals surface area contributed by atoms with E-state index in [-0.39, 0.29) is 28.9 Å². The Labute approximate surface area is 169 Å². The van der Waals surface area contributed by atoms with Crippen molar-refractivity contribution < 1.29 is 27.4 Å². The Balaban J connectivity index is 1.57. The number of nitrogens with one attached hydrogen (secondary N) is 1. The number of alkyl halides is 2. The summed E-state index contributed by atoms with van der Waals surface area (Å²) in [5.41, 5.74) is 1.79. The summed E-state index contributed by atoms with van der Waals surface area (Å²) in [7, 11) is 1.36. The van der Waals surface area contributed by atoms with Gasteiger partial charge in [0.2, 0.25) is 0 Å². The number of methoxy groups -OCH3 is 1. The van der Waals surface area contributed by atoms with Crippen molar-refractivity contribution >= 4 is 17.2 Å². The Kier molecular flexibility index (Phi) is 6.71. The third kappa shape index (κ3) is 5.47. The number of hydrogen-bond acceptors (Lipinski definition) is 5. The van der Waals surface area contributed by atoms with Gasteiger partial charge in [0.1, 0.15) is 16.5 Å². The number of halogens is 3. The largest absolute Gasteiger partial charge is 0.493 e. The van der Waals surface area contributed by atoms with Gasteiger partial charge in [0.05, 0.1) is 7.11 Å². The lowest BCUT2D eigenvalue weighted by atomic mass is 10.1. The van der Waals surface area contributed by atoms with Gasteiger partial charge >= 0.3 is 6.61 Å². The predicted molar refractivity (Wildman–Crippen MR) is 103 cm³/mol. The van der Waals surface area contributed by atoms with Crippen LogP contribution in [0.2, 0.25) is 0 Å². The summed E-state index contributed by atoms with van der Waals surface area (Å²) in [4.78, 5) is 16.6. The maximum atomic E-state index is 13.0. The molecule has 9 heteroatoms. The van der Waals surface area contributed by atoms with E-state index in [1.54, 1.807) is 29.6 Å². The van der Waals surface area contributed by atoms with Crippen molar-refractivity contribution in [3.8, 4) is 22.1 Å². The van der Waals surface area contributed by atoms with Crippen molar-refractivity contribution in [3.63, 3.8) is 0 Å². The summed E-state index contributed by atoms with van der Waals surface area (Å²) in [6, 6.07) is 10.5. The maximum absolute atomic E-state index is 13.0. The molecule has 3 aromatic rings. The summed E-state index contributed by atoms with van der Waals surface area (Å²) in [6.45, 7) is -2.62. The third-order valence-electron chi connectivity index (χ3n) is 3.97. The van der Waals surface area contributed by atoms with Crippen LogP contribution in [0.4, 0.5) is 13.2 Å². The minimum atomic E-state index is -2.94. The van der Waals surface area contributed by atoms with Crippen molar-refractivity contribution in [3.05, 3.63) is 64.9 Å². The van der Waals surface area contributed by atoms with Gasteiger partial charge in [0.15, 0.2) is 11.5 Å². The fourth-order valence-electron chi connectivity index (χ4n) is 2.57. The highest BCUT2D eigenvalue weighted by Crippen LogP contribution is 2.29. The van der Waals surface area contributed by atoms with E-state index in [0.717, 1.165) is 11.1 Å². The van der Waals surface area contributed by atoms with Crippen molar-refractivity contribution in [1.29, 1.82) is 0 Å². The molecule has 1 N–H and O–H groups in total. The number of aromatic nitrogens is 1. The smallest absolute Gasteiger partial charge is 0.387 e. The molecule has 0 atom stereocenters. The highest BCUT2D eigenvalue weighted by Gasteiger charge is 2.13. The lowest BCUT2D eigenvalue weighted by molar-refractivity contribution is -0.0512. The fourth-order valence-corrected chi connectivity index (χ4v) is 3.38. The minimum Gasteiger partial charge on any atom is -0.493 e. The van der Waals surface area contributed by atoms with Gasteiger partial charge in [0.25, 0.3) is 5.91 Å². The lowest BCUT2D eigenvalue weighted by Gasteiger charge is -2.11. The number of nitrogens with zero attached hydrogens (tertiary/aromatic N) is 1. The molecule has 2 aromatic carbocycles.